The predicted molar refractivity (Wildman–Crippen MR) is 86.9 cm³/mol. The second-order valence-electron chi connectivity index (χ2n) is 5.67. The zero-order chi connectivity index (χ0) is 16.3. The molecule has 0 radical (unpaired) electrons. The van der Waals surface area contributed by atoms with Crippen LogP contribution in [0.1, 0.15) is 12.8 Å². The highest BCUT2D eigenvalue weighted by atomic mass is 16.5. The maximum atomic E-state index is 12.6. The van der Waals surface area contributed by atoms with E-state index in [9.17, 15) is 9.59 Å². The molecule has 0 saturated heterocycles. The van der Waals surface area contributed by atoms with Crippen LogP contribution in [0.4, 0.5) is 5.69 Å². The number of carbonyl (C=O) groups is 2. The first-order valence-electron chi connectivity index (χ1n) is 7.60. The van der Waals surface area contributed by atoms with Gasteiger partial charge in [0.1, 0.15) is 5.41 Å². The zero-order valence-corrected chi connectivity index (χ0v) is 13.0. The number of anilines is 1. The van der Waals surface area contributed by atoms with Crippen molar-refractivity contribution in [3.05, 3.63) is 36.5 Å². The lowest BCUT2D eigenvalue weighted by molar-refractivity contribution is -0.134. The second-order valence-corrected chi connectivity index (χ2v) is 5.67. The topological polar surface area (TPSA) is 80.3 Å². The van der Waals surface area contributed by atoms with E-state index in [1.807, 2.05) is 24.3 Å². The van der Waals surface area contributed by atoms with E-state index >= 15 is 0 Å². The molecule has 23 heavy (non-hydrogen) atoms. The number of rotatable bonds is 6. The fourth-order valence-corrected chi connectivity index (χ4v) is 2.57. The monoisotopic (exact) mass is 313 g/mol. The van der Waals surface area contributed by atoms with Crippen LogP contribution in [-0.4, -0.2) is 37.1 Å². The van der Waals surface area contributed by atoms with Gasteiger partial charge in [0.05, 0.1) is 17.8 Å². The van der Waals surface area contributed by atoms with Crippen LogP contribution in [0.5, 0.6) is 0 Å². The highest BCUT2D eigenvalue weighted by Crippen LogP contribution is 2.47. The molecule has 1 saturated carbocycles. The maximum absolute atomic E-state index is 12.6. The number of carbonyl (C=O) groups excluding carboxylic acids is 2. The van der Waals surface area contributed by atoms with Crippen LogP contribution in [-0.2, 0) is 14.3 Å². The number of ether oxygens (including phenoxy) is 1. The van der Waals surface area contributed by atoms with Crippen molar-refractivity contribution in [3.63, 3.8) is 0 Å². The molecule has 1 aromatic carbocycles. The summed E-state index contributed by atoms with van der Waals surface area (Å²) in [7, 11) is 1.57. The average molecular weight is 313 g/mol. The number of hydrogen-bond acceptors (Lipinski definition) is 4. The Kier molecular flexibility index (Phi) is 4.25. The molecule has 2 amide bonds. The highest BCUT2D eigenvalue weighted by Gasteiger charge is 2.56. The first-order valence-corrected chi connectivity index (χ1v) is 7.60. The first kappa shape index (κ1) is 15.4. The molecule has 6 nitrogen and oxygen atoms in total. The molecule has 1 fully saturated rings. The normalized spacial score (nSPS) is 15.2. The van der Waals surface area contributed by atoms with Crippen LogP contribution in [0.2, 0.25) is 0 Å². The quantitative estimate of drug-likeness (QED) is 0.628. The molecule has 2 N–H and O–H groups in total. The molecule has 1 aliphatic rings. The van der Waals surface area contributed by atoms with E-state index in [0.29, 0.717) is 31.7 Å². The molecule has 1 heterocycles. The Hall–Kier alpha value is -2.47. The van der Waals surface area contributed by atoms with Crippen LogP contribution in [0.25, 0.3) is 10.9 Å². The Morgan fingerprint density at radius 2 is 2.00 bits per heavy atom. The molecule has 2 aromatic rings. The number of para-hydroxylation sites is 1. The van der Waals surface area contributed by atoms with Gasteiger partial charge < -0.3 is 15.4 Å². The molecule has 0 atom stereocenters. The SMILES string of the molecule is COCCNC(=O)C1(C(=O)Nc2cccc3cccnc23)CC1. The smallest absolute Gasteiger partial charge is 0.240 e. The largest absolute Gasteiger partial charge is 0.383 e. The van der Waals surface area contributed by atoms with Gasteiger partial charge in [-0.05, 0) is 25.0 Å². The van der Waals surface area contributed by atoms with E-state index in [-0.39, 0.29) is 11.8 Å². The van der Waals surface area contributed by atoms with Gasteiger partial charge in [0, 0.05) is 25.2 Å². The molecular weight excluding hydrogens is 294 g/mol. The Balaban J connectivity index is 1.74. The van der Waals surface area contributed by atoms with Gasteiger partial charge in [-0.25, -0.2) is 0 Å². The molecule has 0 spiro atoms. The Morgan fingerprint density at radius 3 is 2.74 bits per heavy atom. The zero-order valence-electron chi connectivity index (χ0n) is 13.0. The third kappa shape index (κ3) is 3.03. The summed E-state index contributed by atoms with van der Waals surface area (Å²) in [5, 5.41) is 6.56. The van der Waals surface area contributed by atoms with Crippen molar-refractivity contribution >= 4 is 28.4 Å². The third-order valence-electron chi connectivity index (χ3n) is 4.09. The lowest BCUT2D eigenvalue weighted by Crippen LogP contribution is -2.41. The van der Waals surface area contributed by atoms with Gasteiger partial charge in [0.25, 0.3) is 0 Å². The van der Waals surface area contributed by atoms with Crippen molar-refractivity contribution in [3.8, 4) is 0 Å². The van der Waals surface area contributed by atoms with Gasteiger partial charge in [-0.1, -0.05) is 18.2 Å². The summed E-state index contributed by atoms with van der Waals surface area (Å²) in [4.78, 5) is 29.1. The summed E-state index contributed by atoms with van der Waals surface area (Å²) in [6, 6.07) is 9.37. The van der Waals surface area contributed by atoms with E-state index in [2.05, 4.69) is 15.6 Å². The van der Waals surface area contributed by atoms with Crippen LogP contribution in [0.15, 0.2) is 36.5 Å². The lowest BCUT2D eigenvalue weighted by atomic mass is 10.0. The molecule has 120 valence electrons. The first-order chi connectivity index (χ1) is 11.2. The Bertz CT molecular complexity index is 735. The molecule has 6 heteroatoms. The van der Waals surface area contributed by atoms with Crippen molar-refractivity contribution in [2.45, 2.75) is 12.8 Å². The number of benzene rings is 1. The van der Waals surface area contributed by atoms with Crippen LogP contribution < -0.4 is 10.6 Å². The molecule has 0 aliphatic heterocycles. The summed E-state index contributed by atoms with van der Waals surface area (Å²) in [5.41, 5.74) is 0.396. The summed E-state index contributed by atoms with van der Waals surface area (Å²) in [6.07, 6.45) is 2.81. The number of nitrogens with one attached hydrogen (secondary N) is 2. The third-order valence-corrected chi connectivity index (χ3v) is 4.09. The maximum Gasteiger partial charge on any atom is 0.240 e. The van der Waals surface area contributed by atoms with Crippen molar-refractivity contribution in [1.82, 2.24) is 10.3 Å². The van der Waals surface area contributed by atoms with E-state index in [0.717, 1.165) is 10.9 Å². The predicted octanol–water partition coefficient (Wildman–Crippen LogP) is 1.72. The van der Waals surface area contributed by atoms with Crippen molar-refractivity contribution in [2.24, 2.45) is 5.41 Å². The summed E-state index contributed by atoms with van der Waals surface area (Å²) >= 11 is 0. The van der Waals surface area contributed by atoms with Gasteiger partial charge in [-0.15, -0.1) is 0 Å². The van der Waals surface area contributed by atoms with Gasteiger partial charge in [0.15, 0.2) is 0 Å². The Labute approximate surface area is 134 Å². The molecule has 3 rings (SSSR count). The van der Waals surface area contributed by atoms with Crippen LogP contribution in [0.3, 0.4) is 0 Å². The highest BCUT2D eigenvalue weighted by molar-refractivity contribution is 6.14. The number of nitrogens with zero attached hydrogens (tertiary/aromatic N) is 1. The van der Waals surface area contributed by atoms with Crippen molar-refractivity contribution in [1.29, 1.82) is 0 Å². The molecular formula is C17H19N3O3. The number of amides is 2. The number of hydrogen-bond donors (Lipinski definition) is 2. The van der Waals surface area contributed by atoms with Crippen LogP contribution >= 0.6 is 0 Å². The lowest BCUT2D eigenvalue weighted by Gasteiger charge is -2.16. The summed E-state index contributed by atoms with van der Waals surface area (Å²) < 4.78 is 4.91. The summed E-state index contributed by atoms with van der Waals surface area (Å²) in [5.74, 6) is -0.509. The fourth-order valence-electron chi connectivity index (χ4n) is 2.57. The standard InChI is InChI=1S/C17H19N3O3/c1-23-11-10-19-15(21)17(7-8-17)16(22)20-13-6-2-4-12-5-3-9-18-14(12)13/h2-6,9H,7-8,10-11H2,1H3,(H,19,21)(H,20,22). The van der Waals surface area contributed by atoms with E-state index in [4.69, 9.17) is 4.74 Å². The fraction of sp³-hybridized carbons (Fsp3) is 0.353. The Morgan fingerprint density at radius 1 is 1.22 bits per heavy atom. The van der Waals surface area contributed by atoms with Crippen molar-refractivity contribution in [2.75, 3.05) is 25.6 Å². The number of fused-ring (bicyclic) bond motifs is 1. The second kappa shape index (κ2) is 6.34. The summed E-state index contributed by atoms with van der Waals surface area (Å²) in [6.45, 7) is 0.830. The number of pyridine rings is 1. The minimum Gasteiger partial charge on any atom is -0.383 e. The molecule has 0 unspecified atom stereocenters. The molecule has 1 aromatic heterocycles. The minimum absolute atomic E-state index is 0.236. The van der Waals surface area contributed by atoms with Gasteiger partial charge in [-0.3, -0.25) is 14.6 Å². The van der Waals surface area contributed by atoms with E-state index in [1.54, 1.807) is 19.4 Å². The van der Waals surface area contributed by atoms with Gasteiger partial charge in [0.2, 0.25) is 11.8 Å². The number of aromatic nitrogens is 1. The van der Waals surface area contributed by atoms with E-state index in [1.165, 1.54) is 0 Å². The van der Waals surface area contributed by atoms with E-state index < -0.39 is 5.41 Å². The molecule has 1 aliphatic carbocycles. The van der Waals surface area contributed by atoms with Crippen molar-refractivity contribution < 1.29 is 14.3 Å². The van der Waals surface area contributed by atoms with Crippen LogP contribution in [0, 0.1) is 5.41 Å². The minimum atomic E-state index is -0.954. The number of methoxy groups -OCH3 is 1. The van der Waals surface area contributed by atoms with Gasteiger partial charge >= 0.3 is 0 Å². The van der Waals surface area contributed by atoms with Gasteiger partial charge in [-0.2, -0.15) is 0 Å². The average Bonchev–Trinajstić information content (AvgIpc) is 3.37. The molecule has 0 bridgehead atoms.